The van der Waals surface area contributed by atoms with E-state index in [1.807, 2.05) is 0 Å². The zero-order chi connectivity index (χ0) is 12.3. The van der Waals surface area contributed by atoms with E-state index in [1.54, 1.807) is 40.1 Å². The molecule has 0 aromatic heterocycles. The molecule has 16 heavy (non-hydrogen) atoms. The molecule has 0 saturated carbocycles. The second kappa shape index (κ2) is 4.96. The van der Waals surface area contributed by atoms with Crippen LogP contribution < -0.4 is 5.32 Å². The molecule has 0 heterocycles. The lowest BCUT2D eigenvalue weighted by Crippen LogP contribution is -2.36. The molecule has 0 saturated heterocycles. The average molecular weight is 224 g/mol. The summed E-state index contributed by atoms with van der Waals surface area (Å²) in [7, 11) is 3.41. The summed E-state index contributed by atoms with van der Waals surface area (Å²) >= 11 is 0. The van der Waals surface area contributed by atoms with Gasteiger partial charge in [0.15, 0.2) is 0 Å². The number of carbonyl (C=O) groups excluding carboxylic acids is 1. The summed E-state index contributed by atoms with van der Waals surface area (Å²) in [6.45, 7) is 3.47. The number of carbonyl (C=O) groups is 1. The van der Waals surface area contributed by atoms with E-state index in [2.05, 4.69) is 5.32 Å². The molecular weight excluding hydrogens is 207 g/mol. The van der Waals surface area contributed by atoms with E-state index in [0.717, 1.165) is 5.69 Å². The molecule has 4 heteroatoms. The summed E-state index contributed by atoms with van der Waals surface area (Å²) in [6, 6.07) is 4.39. The highest BCUT2D eigenvalue weighted by molar-refractivity contribution is 5.83. The van der Waals surface area contributed by atoms with E-state index >= 15 is 0 Å². The van der Waals surface area contributed by atoms with Gasteiger partial charge in [-0.25, -0.2) is 4.39 Å². The molecule has 1 atom stereocenters. The van der Waals surface area contributed by atoms with Gasteiger partial charge in [0.1, 0.15) is 11.9 Å². The van der Waals surface area contributed by atoms with Crippen LogP contribution in [0.1, 0.15) is 12.5 Å². The minimum atomic E-state index is -0.320. The van der Waals surface area contributed by atoms with Crippen LogP contribution >= 0.6 is 0 Å². The van der Waals surface area contributed by atoms with Crippen LogP contribution in [0.3, 0.4) is 0 Å². The van der Waals surface area contributed by atoms with Gasteiger partial charge in [-0.2, -0.15) is 0 Å². The van der Waals surface area contributed by atoms with Gasteiger partial charge in [-0.05, 0) is 37.6 Å². The van der Waals surface area contributed by atoms with Crippen molar-refractivity contribution in [2.75, 3.05) is 19.4 Å². The van der Waals surface area contributed by atoms with E-state index < -0.39 is 0 Å². The van der Waals surface area contributed by atoms with Crippen LogP contribution in [0.5, 0.6) is 0 Å². The molecule has 0 bridgehead atoms. The van der Waals surface area contributed by atoms with E-state index in [9.17, 15) is 9.18 Å². The molecule has 1 unspecified atom stereocenters. The molecule has 1 aromatic carbocycles. The molecule has 0 aliphatic carbocycles. The number of anilines is 1. The Morgan fingerprint density at radius 3 is 2.56 bits per heavy atom. The first-order valence-electron chi connectivity index (χ1n) is 5.15. The lowest BCUT2D eigenvalue weighted by molar-refractivity contribution is -0.129. The van der Waals surface area contributed by atoms with Gasteiger partial charge >= 0.3 is 0 Å². The van der Waals surface area contributed by atoms with Gasteiger partial charge in [-0.1, -0.05) is 0 Å². The fraction of sp³-hybridized carbons (Fsp3) is 0.417. The Hall–Kier alpha value is -1.58. The van der Waals surface area contributed by atoms with E-state index in [1.165, 1.54) is 11.0 Å². The Balaban J connectivity index is 2.73. The van der Waals surface area contributed by atoms with Gasteiger partial charge in [-0.3, -0.25) is 4.79 Å². The molecule has 0 fully saturated rings. The number of hydrogen-bond donors (Lipinski definition) is 1. The Kier molecular flexibility index (Phi) is 3.88. The van der Waals surface area contributed by atoms with Crippen molar-refractivity contribution in [3.8, 4) is 0 Å². The molecule has 1 amide bonds. The fourth-order valence-corrected chi connectivity index (χ4v) is 1.43. The molecule has 0 spiro atoms. The largest absolute Gasteiger partial charge is 0.374 e. The standard InChI is InChI=1S/C12H17FN2O/c1-8-7-10(5-6-11(8)13)14-9(2)12(16)15(3)4/h5-7,9,14H,1-4H3. The summed E-state index contributed by atoms with van der Waals surface area (Å²) in [4.78, 5) is 13.1. The summed E-state index contributed by atoms with van der Waals surface area (Å²) in [5.41, 5.74) is 1.32. The van der Waals surface area contributed by atoms with Crippen LogP contribution in [-0.2, 0) is 4.79 Å². The van der Waals surface area contributed by atoms with Gasteiger partial charge in [0.25, 0.3) is 0 Å². The van der Waals surface area contributed by atoms with Crippen LogP contribution in [-0.4, -0.2) is 30.9 Å². The highest BCUT2D eigenvalue weighted by Crippen LogP contribution is 2.14. The Morgan fingerprint density at radius 1 is 1.44 bits per heavy atom. The van der Waals surface area contributed by atoms with E-state index in [0.29, 0.717) is 5.56 Å². The number of nitrogens with zero attached hydrogens (tertiary/aromatic N) is 1. The predicted molar refractivity (Wildman–Crippen MR) is 62.9 cm³/mol. The number of halogens is 1. The van der Waals surface area contributed by atoms with Gasteiger partial charge in [0.05, 0.1) is 0 Å². The average Bonchev–Trinajstić information content (AvgIpc) is 2.22. The summed E-state index contributed by atoms with van der Waals surface area (Å²) < 4.78 is 13.0. The number of hydrogen-bond acceptors (Lipinski definition) is 2. The number of benzene rings is 1. The third kappa shape index (κ3) is 2.95. The molecule has 1 rings (SSSR count). The Labute approximate surface area is 95.3 Å². The molecule has 1 aromatic rings. The van der Waals surface area contributed by atoms with Crippen molar-refractivity contribution in [1.82, 2.24) is 4.90 Å². The number of rotatable bonds is 3. The molecule has 0 aliphatic rings. The third-order valence-electron chi connectivity index (χ3n) is 2.35. The minimum Gasteiger partial charge on any atom is -0.374 e. The molecule has 3 nitrogen and oxygen atoms in total. The zero-order valence-electron chi connectivity index (χ0n) is 10.0. The molecule has 88 valence electrons. The second-order valence-corrected chi connectivity index (χ2v) is 4.06. The lowest BCUT2D eigenvalue weighted by atomic mass is 10.2. The molecule has 0 aliphatic heterocycles. The quantitative estimate of drug-likeness (QED) is 0.852. The van der Waals surface area contributed by atoms with Crippen molar-refractivity contribution < 1.29 is 9.18 Å². The first kappa shape index (κ1) is 12.5. The van der Waals surface area contributed by atoms with Crippen molar-refractivity contribution in [3.63, 3.8) is 0 Å². The molecule has 1 N–H and O–H groups in total. The second-order valence-electron chi connectivity index (χ2n) is 4.06. The van der Waals surface area contributed by atoms with Gasteiger partial charge < -0.3 is 10.2 Å². The maximum absolute atomic E-state index is 13.0. The highest BCUT2D eigenvalue weighted by Gasteiger charge is 2.14. The fourth-order valence-electron chi connectivity index (χ4n) is 1.43. The van der Waals surface area contributed by atoms with Gasteiger partial charge in [0, 0.05) is 19.8 Å². The van der Waals surface area contributed by atoms with Crippen LogP contribution in [0.4, 0.5) is 10.1 Å². The third-order valence-corrected chi connectivity index (χ3v) is 2.35. The number of nitrogens with one attached hydrogen (secondary N) is 1. The van der Waals surface area contributed by atoms with E-state index in [4.69, 9.17) is 0 Å². The van der Waals surface area contributed by atoms with Crippen LogP contribution in [0, 0.1) is 12.7 Å². The normalized spacial score (nSPS) is 12.1. The maximum Gasteiger partial charge on any atom is 0.244 e. The van der Waals surface area contributed by atoms with E-state index in [-0.39, 0.29) is 17.8 Å². The van der Waals surface area contributed by atoms with Crippen LogP contribution in [0.2, 0.25) is 0 Å². The molecular formula is C12H17FN2O. The van der Waals surface area contributed by atoms with Gasteiger partial charge in [0.2, 0.25) is 5.91 Å². The van der Waals surface area contributed by atoms with Gasteiger partial charge in [-0.15, -0.1) is 0 Å². The first-order valence-corrected chi connectivity index (χ1v) is 5.15. The number of amides is 1. The smallest absolute Gasteiger partial charge is 0.244 e. The highest BCUT2D eigenvalue weighted by atomic mass is 19.1. The van der Waals surface area contributed by atoms with Crippen molar-refractivity contribution >= 4 is 11.6 Å². The van der Waals surface area contributed by atoms with Crippen LogP contribution in [0.25, 0.3) is 0 Å². The Morgan fingerprint density at radius 2 is 2.06 bits per heavy atom. The summed E-state index contributed by atoms with van der Waals surface area (Å²) in [5, 5.41) is 3.03. The zero-order valence-corrected chi connectivity index (χ0v) is 10.0. The minimum absolute atomic E-state index is 0.0121. The molecule has 0 radical (unpaired) electrons. The number of likely N-dealkylation sites (N-methyl/N-ethyl adjacent to an activating group) is 1. The lowest BCUT2D eigenvalue weighted by Gasteiger charge is -2.19. The topological polar surface area (TPSA) is 32.3 Å². The predicted octanol–water partition coefficient (Wildman–Crippen LogP) is 2.02. The van der Waals surface area contributed by atoms with Crippen molar-refractivity contribution in [2.24, 2.45) is 0 Å². The SMILES string of the molecule is Cc1cc(NC(C)C(=O)N(C)C)ccc1F. The summed E-state index contributed by atoms with van der Waals surface area (Å²) in [6.07, 6.45) is 0. The summed E-state index contributed by atoms with van der Waals surface area (Å²) in [5.74, 6) is -0.251. The van der Waals surface area contributed by atoms with Crippen LogP contribution in [0.15, 0.2) is 18.2 Å². The monoisotopic (exact) mass is 224 g/mol. The van der Waals surface area contributed by atoms with Crippen molar-refractivity contribution in [3.05, 3.63) is 29.6 Å². The van der Waals surface area contributed by atoms with Crippen molar-refractivity contribution in [1.29, 1.82) is 0 Å². The first-order chi connectivity index (χ1) is 7.41. The Bertz CT molecular complexity index is 391. The van der Waals surface area contributed by atoms with Crippen molar-refractivity contribution in [2.45, 2.75) is 19.9 Å². The number of aryl methyl sites for hydroxylation is 1. The maximum atomic E-state index is 13.0.